The standard InChI is InChI=1S/C19H26FN3O4/c20-13-2-1-3-14(8-13)22-19(26)23-16-7-6-15(27-17(16)11-24)9-18(25)21-10-12-4-5-12/h1-3,8,12,15-17,24H,4-7,9-11H2,(H,21,25)(H2,22,23,26)/t15-,16+,17+/m1/s1. The van der Waals surface area contributed by atoms with Crippen LogP contribution in [0.2, 0.25) is 0 Å². The van der Waals surface area contributed by atoms with Gasteiger partial charge in [-0.05, 0) is 49.8 Å². The van der Waals surface area contributed by atoms with Gasteiger partial charge in [0.05, 0.1) is 25.2 Å². The number of hydrogen-bond acceptors (Lipinski definition) is 4. The van der Waals surface area contributed by atoms with Crippen LogP contribution in [0.5, 0.6) is 0 Å². The van der Waals surface area contributed by atoms with Crippen LogP contribution < -0.4 is 16.0 Å². The largest absolute Gasteiger partial charge is 0.394 e. The molecule has 4 N–H and O–H groups in total. The maximum atomic E-state index is 13.2. The van der Waals surface area contributed by atoms with Gasteiger partial charge >= 0.3 is 6.03 Å². The fourth-order valence-corrected chi connectivity index (χ4v) is 3.21. The van der Waals surface area contributed by atoms with E-state index in [1.54, 1.807) is 6.07 Å². The summed E-state index contributed by atoms with van der Waals surface area (Å²) in [6.07, 6.45) is 2.95. The summed E-state index contributed by atoms with van der Waals surface area (Å²) in [6, 6.07) is 4.73. The summed E-state index contributed by atoms with van der Waals surface area (Å²) in [5, 5.41) is 17.8. The van der Waals surface area contributed by atoms with Crippen molar-refractivity contribution >= 4 is 17.6 Å². The van der Waals surface area contributed by atoms with Crippen molar-refractivity contribution in [2.45, 2.75) is 50.4 Å². The summed E-state index contributed by atoms with van der Waals surface area (Å²) in [4.78, 5) is 24.1. The lowest BCUT2D eigenvalue weighted by molar-refractivity contribution is -0.130. The third-order valence-electron chi connectivity index (χ3n) is 4.89. The number of carbonyl (C=O) groups excluding carboxylic acids is 2. The Labute approximate surface area is 157 Å². The number of halogens is 1. The zero-order valence-corrected chi connectivity index (χ0v) is 15.1. The molecule has 148 valence electrons. The van der Waals surface area contributed by atoms with Crippen LogP contribution in [-0.2, 0) is 9.53 Å². The highest BCUT2D eigenvalue weighted by atomic mass is 19.1. The summed E-state index contributed by atoms with van der Waals surface area (Å²) in [7, 11) is 0. The number of carbonyl (C=O) groups is 2. The number of nitrogens with one attached hydrogen (secondary N) is 3. The van der Waals surface area contributed by atoms with Crippen molar-refractivity contribution in [2.24, 2.45) is 5.92 Å². The Morgan fingerprint density at radius 2 is 2.04 bits per heavy atom. The van der Waals surface area contributed by atoms with Gasteiger partial charge in [-0.15, -0.1) is 0 Å². The van der Waals surface area contributed by atoms with Crippen LogP contribution in [0.15, 0.2) is 24.3 Å². The van der Waals surface area contributed by atoms with Gasteiger partial charge in [-0.3, -0.25) is 4.79 Å². The average molecular weight is 379 g/mol. The van der Waals surface area contributed by atoms with Gasteiger partial charge in [0.1, 0.15) is 11.9 Å². The lowest BCUT2D eigenvalue weighted by atomic mass is 9.97. The fourth-order valence-electron chi connectivity index (χ4n) is 3.21. The quantitative estimate of drug-likeness (QED) is 0.580. The van der Waals surface area contributed by atoms with Crippen LogP contribution in [-0.4, -0.2) is 48.4 Å². The van der Waals surface area contributed by atoms with Crippen molar-refractivity contribution < 1.29 is 23.8 Å². The minimum atomic E-state index is -0.585. The molecule has 8 heteroatoms. The number of anilines is 1. The molecule has 27 heavy (non-hydrogen) atoms. The van der Waals surface area contributed by atoms with Gasteiger partial charge in [-0.25, -0.2) is 9.18 Å². The number of aliphatic hydroxyl groups is 1. The first kappa shape index (κ1) is 19.6. The monoisotopic (exact) mass is 379 g/mol. The molecule has 7 nitrogen and oxygen atoms in total. The first-order chi connectivity index (χ1) is 13.0. The molecule has 1 saturated heterocycles. The number of aliphatic hydroxyl groups excluding tert-OH is 1. The second-order valence-electron chi connectivity index (χ2n) is 7.22. The van der Waals surface area contributed by atoms with Crippen LogP contribution in [0.1, 0.15) is 32.1 Å². The van der Waals surface area contributed by atoms with Gasteiger partial charge < -0.3 is 25.8 Å². The Morgan fingerprint density at radius 1 is 1.22 bits per heavy atom. The van der Waals surface area contributed by atoms with E-state index in [9.17, 15) is 19.1 Å². The molecule has 3 rings (SSSR count). The van der Waals surface area contributed by atoms with E-state index in [0.29, 0.717) is 24.4 Å². The Balaban J connectivity index is 1.44. The molecule has 1 aliphatic carbocycles. The Kier molecular flexibility index (Phi) is 6.63. The molecule has 1 heterocycles. The summed E-state index contributed by atoms with van der Waals surface area (Å²) in [5.41, 5.74) is 0.343. The number of benzene rings is 1. The highest BCUT2D eigenvalue weighted by Gasteiger charge is 2.33. The van der Waals surface area contributed by atoms with Gasteiger partial charge in [0, 0.05) is 12.2 Å². The fraction of sp³-hybridized carbons (Fsp3) is 0.579. The number of urea groups is 1. The first-order valence-corrected chi connectivity index (χ1v) is 9.39. The Bertz CT molecular complexity index is 668. The van der Waals surface area contributed by atoms with Gasteiger partial charge in [0.25, 0.3) is 0 Å². The zero-order valence-electron chi connectivity index (χ0n) is 15.1. The molecule has 0 unspecified atom stereocenters. The van der Waals surface area contributed by atoms with E-state index in [-0.39, 0.29) is 31.1 Å². The van der Waals surface area contributed by atoms with Crippen molar-refractivity contribution in [3.05, 3.63) is 30.1 Å². The normalized spacial score (nSPS) is 24.9. The number of ether oxygens (including phenoxy) is 1. The van der Waals surface area contributed by atoms with Crippen molar-refractivity contribution in [2.75, 3.05) is 18.5 Å². The van der Waals surface area contributed by atoms with Crippen molar-refractivity contribution in [1.29, 1.82) is 0 Å². The van der Waals surface area contributed by atoms with E-state index >= 15 is 0 Å². The molecule has 1 aromatic carbocycles. The van der Waals surface area contributed by atoms with Crippen LogP contribution in [0.25, 0.3) is 0 Å². The van der Waals surface area contributed by atoms with E-state index in [4.69, 9.17) is 4.74 Å². The van der Waals surface area contributed by atoms with Crippen molar-refractivity contribution in [3.63, 3.8) is 0 Å². The summed E-state index contributed by atoms with van der Waals surface area (Å²) in [5.74, 6) is 0.139. The summed E-state index contributed by atoms with van der Waals surface area (Å²) in [6.45, 7) is 0.463. The molecule has 0 radical (unpaired) electrons. The Morgan fingerprint density at radius 3 is 2.74 bits per heavy atom. The number of hydrogen-bond donors (Lipinski definition) is 4. The zero-order chi connectivity index (χ0) is 19.2. The number of amides is 3. The highest BCUT2D eigenvalue weighted by molar-refractivity contribution is 5.89. The number of rotatable bonds is 7. The molecule has 2 fully saturated rings. The van der Waals surface area contributed by atoms with Gasteiger partial charge in [0.2, 0.25) is 5.91 Å². The highest BCUT2D eigenvalue weighted by Crippen LogP contribution is 2.28. The maximum absolute atomic E-state index is 13.2. The molecular weight excluding hydrogens is 353 g/mol. The van der Waals surface area contributed by atoms with Gasteiger partial charge in [-0.2, -0.15) is 0 Å². The van der Waals surface area contributed by atoms with E-state index < -0.39 is 18.0 Å². The van der Waals surface area contributed by atoms with Crippen molar-refractivity contribution in [1.82, 2.24) is 10.6 Å². The summed E-state index contributed by atoms with van der Waals surface area (Å²) >= 11 is 0. The molecule has 1 saturated carbocycles. The molecule has 2 aliphatic rings. The smallest absolute Gasteiger partial charge is 0.319 e. The van der Waals surface area contributed by atoms with E-state index in [0.717, 1.165) is 6.54 Å². The molecule has 0 bridgehead atoms. The van der Waals surface area contributed by atoms with Crippen LogP contribution in [0.3, 0.4) is 0 Å². The average Bonchev–Trinajstić information content (AvgIpc) is 3.45. The van der Waals surface area contributed by atoms with E-state index in [1.807, 2.05) is 0 Å². The van der Waals surface area contributed by atoms with Gasteiger partial charge in [0.15, 0.2) is 0 Å². The van der Waals surface area contributed by atoms with Crippen LogP contribution in [0, 0.1) is 11.7 Å². The molecule has 3 atom stereocenters. The molecular formula is C19H26FN3O4. The predicted molar refractivity (Wildman–Crippen MR) is 97.7 cm³/mol. The predicted octanol–water partition coefficient (Wildman–Crippen LogP) is 1.77. The Hall–Kier alpha value is -2.19. The molecule has 0 aromatic heterocycles. The van der Waals surface area contributed by atoms with E-state index in [1.165, 1.54) is 31.0 Å². The SMILES string of the molecule is O=C(C[C@H]1CC[C@H](NC(=O)Nc2cccc(F)c2)[C@H](CO)O1)NCC1CC1. The first-order valence-electron chi connectivity index (χ1n) is 9.39. The third-order valence-corrected chi connectivity index (χ3v) is 4.89. The third kappa shape index (κ3) is 6.18. The second kappa shape index (κ2) is 9.14. The molecule has 3 amide bonds. The van der Waals surface area contributed by atoms with Crippen LogP contribution >= 0.6 is 0 Å². The molecule has 1 aliphatic heterocycles. The second-order valence-corrected chi connectivity index (χ2v) is 7.22. The summed E-state index contributed by atoms with van der Waals surface area (Å²) < 4.78 is 19.0. The van der Waals surface area contributed by atoms with Crippen LogP contribution in [0.4, 0.5) is 14.9 Å². The molecule has 1 aromatic rings. The lowest BCUT2D eigenvalue weighted by Crippen LogP contribution is -2.52. The van der Waals surface area contributed by atoms with E-state index in [2.05, 4.69) is 16.0 Å². The lowest BCUT2D eigenvalue weighted by Gasteiger charge is -2.35. The van der Waals surface area contributed by atoms with Gasteiger partial charge in [-0.1, -0.05) is 6.07 Å². The minimum absolute atomic E-state index is 0.0427. The maximum Gasteiger partial charge on any atom is 0.319 e. The topological polar surface area (TPSA) is 99.7 Å². The van der Waals surface area contributed by atoms with Crippen molar-refractivity contribution in [3.8, 4) is 0 Å². The minimum Gasteiger partial charge on any atom is -0.394 e. The molecule has 0 spiro atoms.